The molecule has 0 aliphatic carbocycles. The van der Waals surface area contributed by atoms with Crippen LogP contribution in [0.4, 0.5) is 0 Å². The van der Waals surface area contributed by atoms with Crippen LogP contribution in [0.15, 0.2) is 9.98 Å². The first-order valence-corrected chi connectivity index (χ1v) is 5.80. The molecule has 12 N–H and O–H groups in total. The van der Waals surface area contributed by atoms with Crippen molar-refractivity contribution < 1.29 is 4.74 Å². The van der Waals surface area contributed by atoms with Crippen molar-refractivity contribution in [3.63, 3.8) is 0 Å². The Morgan fingerprint density at radius 2 is 1.16 bits per heavy atom. The lowest BCUT2D eigenvalue weighted by molar-refractivity contribution is 0.0453. The van der Waals surface area contributed by atoms with E-state index in [-0.39, 0.29) is 26.1 Å². The molecule has 2 unspecified atom stereocenters. The third-order valence-corrected chi connectivity index (χ3v) is 2.51. The highest BCUT2D eigenvalue weighted by atomic mass is 16.5. The quantitative estimate of drug-likeness (QED) is 0.180. The van der Waals surface area contributed by atoms with Crippen LogP contribution >= 0.6 is 0 Å². The van der Waals surface area contributed by atoms with Crippen LogP contribution in [0.5, 0.6) is 0 Å². The monoisotopic (exact) mass is 274 g/mol. The summed E-state index contributed by atoms with van der Waals surface area (Å²) in [6, 6.07) is 0. The van der Waals surface area contributed by atoms with Gasteiger partial charge in [0.15, 0.2) is 0 Å². The number of nitrogens with two attached hydrogens (primary N) is 6. The lowest BCUT2D eigenvalue weighted by Gasteiger charge is -2.30. The Bertz CT molecular complexity index is 269. The molecule has 19 heavy (non-hydrogen) atoms. The van der Waals surface area contributed by atoms with Gasteiger partial charge in [-0.05, 0) is 13.4 Å². The second-order valence-electron chi connectivity index (χ2n) is 4.75. The molecule has 0 aromatic carbocycles. The van der Waals surface area contributed by atoms with Crippen LogP contribution in [0.3, 0.4) is 0 Å². The van der Waals surface area contributed by atoms with E-state index >= 15 is 0 Å². The molecule has 0 aliphatic rings. The Hall–Kier alpha value is -0.940. The van der Waals surface area contributed by atoms with Gasteiger partial charge < -0.3 is 39.1 Å². The summed E-state index contributed by atoms with van der Waals surface area (Å²) in [5, 5.41) is 0. The van der Waals surface area contributed by atoms with Gasteiger partial charge in [0.05, 0.1) is 25.5 Å². The largest absolute Gasteiger partial charge is 0.374 e. The van der Waals surface area contributed by atoms with Gasteiger partial charge in [-0.2, -0.15) is 0 Å². The topological polar surface area (TPSA) is 190 Å². The SMILES string of the molecule is C=NC(N)(COCC(N)(CC(N)N)N=C)CC(N)N. The first kappa shape index (κ1) is 18.1. The zero-order chi connectivity index (χ0) is 15.1. The number of hydrogen-bond acceptors (Lipinski definition) is 9. The summed E-state index contributed by atoms with van der Waals surface area (Å²) >= 11 is 0. The molecule has 2 atom stereocenters. The van der Waals surface area contributed by atoms with Gasteiger partial charge in [0.2, 0.25) is 0 Å². The average molecular weight is 274 g/mol. The van der Waals surface area contributed by atoms with Gasteiger partial charge in [-0.15, -0.1) is 0 Å². The Balaban J connectivity index is 4.38. The molecule has 9 heteroatoms. The van der Waals surface area contributed by atoms with Crippen molar-refractivity contribution in [3.8, 4) is 0 Å². The summed E-state index contributed by atoms with van der Waals surface area (Å²) in [7, 11) is 0. The maximum absolute atomic E-state index is 5.92. The Morgan fingerprint density at radius 1 is 0.842 bits per heavy atom. The van der Waals surface area contributed by atoms with E-state index in [0.29, 0.717) is 0 Å². The van der Waals surface area contributed by atoms with Crippen LogP contribution in [0.25, 0.3) is 0 Å². The first-order chi connectivity index (χ1) is 8.66. The molecule has 0 radical (unpaired) electrons. The second-order valence-corrected chi connectivity index (χ2v) is 4.75. The number of rotatable bonds is 10. The summed E-state index contributed by atoms with van der Waals surface area (Å²) in [5.74, 6) is 0. The number of nitrogens with zero attached hydrogens (tertiary/aromatic N) is 2. The van der Waals surface area contributed by atoms with E-state index in [9.17, 15) is 0 Å². The maximum atomic E-state index is 5.92. The van der Waals surface area contributed by atoms with Crippen LogP contribution in [0.1, 0.15) is 12.8 Å². The summed E-state index contributed by atoms with van der Waals surface area (Å²) in [5.41, 5.74) is 31.6. The fraction of sp³-hybridized carbons (Fsp3) is 0.800. The zero-order valence-electron chi connectivity index (χ0n) is 11.2. The van der Waals surface area contributed by atoms with Crippen molar-refractivity contribution in [2.24, 2.45) is 44.4 Å². The van der Waals surface area contributed by atoms with Crippen molar-refractivity contribution in [1.29, 1.82) is 0 Å². The maximum Gasteiger partial charge on any atom is 0.133 e. The average Bonchev–Trinajstić information content (AvgIpc) is 2.27. The molecule has 112 valence electrons. The molecule has 9 nitrogen and oxygen atoms in total. The predicted octanol–water partition coefficient (Wildman–Crippen LogP) is -3.02. The van der Waals surface area contributed by atoms with Gasteiger partial charge in [0, 0.05) is 12.8 Å². The van der Waals surface area contributed by atoms with Crippen LogP contribution in [0.2, 0.25) is 0 Å². The fourth-order valence-corrected chi connectivity index (χ4v) is 1.56. The van der Waals surface area contributed by atoms with Gasteiger partial charge in [-0.1, -0.05) is 0 Å². The Labute approximate surface area is 113 Å². The van der Waals surface area contributed by atoms with Crippen molar-refractivity contribution in [3.05, 3.63) is 0 Å². The molecule has 0 spiro atoms. The molecular formula is C10H26N8O. The van der Waals surface area contributed by atoms with E-state index in [1.165, 1.54) is 0 Å². The van der Waals surface area contributed by atoms with Crippen LogP contribution in [-0.4, -0.2) is 50.3 Å². The highest BCUT2D eigenvalue weighted by molar-refractivity contribution is 5.26. The van der Waals surface area contributed by atoms with Crippen LogP contribution in [0, 0.1) is 0 Å². The normalized spacial score (nSPS) is 18.1. The van der Waals surface area contributed by atoms with Crippen molar-refractivity contribution in [1.82, 2.24) is 0 Å². The second kappa shape index (κ2) is 7.60. The van der Waals surface area contributed by atoms with Crippen molar-refractivity contribution >= 4 is 13.4 Å². The van der Waals surface area contributed by atoms with E-state index in [2.05, 4.69) is 23.4 Å². The molecular weight excluding hydrogens is 248 g/mol. The lowest BCUT2D eigenvalue weighted by atomic mass is 10.1. The first-order valence-electron chi connectivity index (χ1n) is 5.80. The summed E-state index contributed by atoms with van der Waals surface area (Å²) in [4.78, 5) is 7.55. The number of hydrogen-bond donors (Lipinski definition) is 6. The molecule has 0 aromatic heterocycles. The molecule has 0 saturated carbocycles. The molecule has 0 rings (SSSR count). The molecule has 0 bridgehead atoms. The summed E-state index contributed by atoms with van der Waals surface area (Å²) < 4.78 is 5.41. The third-order valence-electron chi connectivity index (χ3n) is 2.51. The lowest BCUT2D eigenvalue weighted by Crippen LogP contribution is -2.53. The minimum atomic E-state index is -1.07. The van der Waals surface area contributed by atoms with E-state index in [4.69, 9.17) is 39.1 Å². The van der Waals surface area contributed by atoms with Crippen LogP contribution < -0.4 is 34.4 Å². The smallest absolute Gasteiger partial charge is 0.133 e. The highest BCUT2D eigenvalue weighted by Gasteiger charge is 2.29. The van der Waals surface area contributed by atoms with Gasteiger partial charge in [0.1, 0.15) is 11.3 Å². The Kier molecular flexibility index (Phi) is 7.23. The van der Waals surface area contributed by atoms with Crippen LogP contribution in [-0.2, 0) is 4.74 Å². The molecule has 0 saturated heterocycles. The van der Waals surface area contributed by atoms with Gasteiger partial charge in [0.25, 0.3) is 0 Å². The highest BCUT2D eigenvalue weighted by Crippen LogP contribution is 2.13. The molecule has 0 fully saturated rings. The van der Waals surface area contributed by atoms with E-state index in [1.807, 2.05) is 0 Å². The van der Waals surface area contributed by atoms with Crippen molar-refractivity contribution in [2.75, 3.05) is 13.2 Å². The molecule has 0 heterocycles. The number of ether oxygens (including phenoxy) is 1. The molecule has 0 aromatic rings. The predicted molar refractivity (Wildman–Crippen MR) is 77.3 cm³/mol. The van der Waals surface area contributed by atoms with Crippen molar-refractivity contribution in [2.45, 2.75) is 36.5 Å². The van der Waals surface area contributed by atoms with Gasteiger partial charge in [-0.3, -0.25) is 9.98 Å². The standard InChI is InChI=1S/C10H26N8O/c1-17-9(15,3-7(11)12)5-19-6-10(16,18-2)4-8(13)14/h7-8H,1-6,11-16H2. The summed E-state index contributed by atoms with van der Waals surface area (Å²) in [6.45, 7) is 6.90. The zero-order valence-corrected chi connectivity index (χ0v) is 11.2. The molecule has 0 amide bonds. The van der Waals surface area contributed by atoms with E-state index in [1.54, 1.807) is 0 Å². The summed E-state index contributed by atoms with van der Waals surface area (Å²) in [6.07, 6.45) is -0.772. The Morgan fingerprint density at radius 3 is 1.37 bits per heavy atom. The minimum Gasteiger partial charge on any atom is -0.374 e. The minimum absolute atomic E-state index is 0.0513. The van der Waals surface area contributed by atoms with E-state index in [0.717, 1.165) is 0 Å². The van der Waals surface area contributed by atoms with Gasteiger partial charge >= 0.3 is 0 Å². The number of aliphatic imine (C=N–C) groups is 2. The molecule has 0 aliphatic heterocycles. The van der Waals surface area contributed by atoms with Gasteiger partial charge in [-0.25, -0.2) is 0 Å². The third kappa shape index (κ3) is 7.28. The fourth-order valence-electron chi connectivity index (χ4n) is 1.56. The van der Waals surface area contributed by atoms with E-state index < -0.39 is 23.7 Å².